The lowest BCUT2D eigenvalue weighted by molar-refractivity contribution is -0.119. The average Bonchev–Trinajstić information content (AvgIpc) is 3.22. The van der Waals surface area contributed by atoms with Crippen molar-refractivity contribution in [2.75, 3.05) is 0 Å². The van der Waals surface area contributed by atoms with E-state index in [9.17, 15) is 4.79 Å². The van der Waals surface area contributed by atoms with Crippen molar-refractivity contribution in [3.63, 3.8) is 0 Å². The molecular formula is C16H14Br2O. The number of rotatable bonds is 4. The Kier molecular flexibility index (Phi) is 3.77. The minimum Gasteiger partial charge on any atom is -0.298 e. The molecule has 0 amide bonds. The molecule has 1 aliphatic rings. The summed E-state index contributed by atoms with van der Waals surface area (Å²) in [7, 11) is 0. The lowest BCUT2D eigenvalue weighted by atomic mass is 10.0. The van der Waals surface area contributed by atoms with E-state index in [0.717, 1.165) is 23.7 Å². The van der Waals surface area contributed by atoms with Crippen molar-refractivity contribution in [3.8, 4) is 0 Å². The Bertz CT molecular complexity index is 632. The van der Waals surface area contributed by atoms with E-state index < -0.39 is 0 Å². The number of benzene rings is 2. The molecule has 1 fully saturated rings. The predicted octanol–water partition coefficient (Wildman–Crippen LogP) is 4.89. The number of halogens is 2. The Labute approximate surface area is 129 Å². The van der Waals surface area contributed by atoms with Gasteiger partial charge in [-0.3, -0.25) is 4.79 Å². The molecule has 0 heterocycles. The molecular weight excluding hydrogens is 368 g/mol. The van der Waals surface area contributed by atoms with Gasteiger partial charge in [-0.25, -0.2) is 0 Å². The third-order valence-electron chi connectivity index (χ3n) is 3.57. The number of carbonyl (C=O) groups excluding carboxylic acids is 1. The molecule has 2 aromatic rings. The van der Waals surface area contributed by atoms with E-state index in [1.165, 1.54) is 16.3 Å². The van der Waals surface area contributed by atoms with Gasteiger partial charge in [0.15, 0.2) is 0 Å². The van der Waals surface area contributed by atoms with E-state index >= 15 is 0 Å². The van der Waals surface area contributed by atoms with Gasteiger partial charge in [0.1, 0.15) is 5.78 Å². The van der Waals surface area contributed by atoms with Crippen LogP contribution >= 0.6 is 31.9 Å². The fraction of sp³-hybridized carbons (Fsp3) is 0.312. The highest BCUT2D eigenvalue weighted by Crippen LogP contribution is 2.33. The van der Waals surface area contributed by atoms with E-state index in [4.69, 9.17) is 0 Å². The fourth-order valence-electron chi connectivity index (χ4n) is 2.32. The first-order chi connectivity index (χ1) is 9.13. The van der Waals surface area contributed by atoms with Crippen molar-refractivity contribution < 1.29 is 4.79 Å². The molecule has 1 atom stereocenters. The van der Waals surface area contributed by atoms with Gasteiger partial charge < -0.3 is 0 Å². The van der Waals surface area contributed by atoms with Crippen LogP contribution in [-0.2, 0) is 11.2 Å². The van der Waals surface area contributed by atoms with E-state index in [1.54, 1.807) is 0 Å². The normalized spacial score (nSPS) is 16.5. The Balaban J connectivity index is 1.81. The van der Waals surface area contributed by atoms with E-state index in [2.05, 4.69) is 62.2 Å². The lowest BCUT2D eigenvalue weighted by Crippen LogP contribution is -2.18. The first kappa shape index (κ1) is 13.3. The molecule has 0 aromatic heterocycles. The van der Waals surface area contributed by atoms with Crippen molar-refractivity contribution >= 4 is 48.4 Å². The van der Waals surface area contributed by atoms with Crippen LogP contribution in [0.25, 0.3) is 10.8 Å². The molecule has 0 aliphatic heterocycles. The van der Waals surface area contributed by atoms with Crippen LogP contribution in [0.4, 0.5) is 0 Å². The lowest BCUT2D eigenvalue weighted by Gasteiger charge is -2.09. The third-order valence-corrected chi connectivity index (χ3v) is 4.84. The molecule has 3 heteroatoms. The SMILES string of the molecule is O=C(C(Br)Cc1ccc2cc(Br)ccc2c1)C1CC1. The first-order valence-electron chi connectivity index (χ1n) is 6.49. The minimum atomic E-state index is -0.0344. The minimum absolute atomic E-state index is 0.0344. The summed E-state index contributed by atoms with van der Waals surface area (Å²) < 4.78 is 1.09. The zero-order valence-electron chi connectivity index (χ0n) is 10.4. The van der Waals surface area contributed by atoms with E-state index in [1.807, 2.05) is 6.07 Å². The summed E-state index contributed by atoms with van der Waals surface area (Å²) in [4.78, 5) is 11.9. The molecule has 2 aromatic carbocycles. The summed E-state index contributed by atoms with van der Waals surface area (Å²) in [6.07, 6.45) is 2.93. The van der Waals surface area contributed by atoms with Crippen molar-refractivity contribution in [1.82, 2.24) is 0 Å². The van der Waals surface area contributed by atoms with Gasteiger partial charge in [0.25, 0.3) is 0 Å². The zero-order valence-corrected chi connectivity index (χ0v) is 13.6. The summed E-state index contributed by atoms with van der Waals surface area (Å²) in [6.45, 7) is 0. The fourth-order valence-corrected chi connectivity index (χ4v) is 3.45. The van der Waals surface area contributed by atoms with Gasteiger partial charge in [0.05, 0.1) is 4.83 Å². The standard InChI is InChI=1S/C16H14Br2O/c17-14-6-5-12-7-10(1-2-13(12)9-14)8-15(18)16(19)11-3-4-11/h1-2,5-7,9,11,15H,3-4,8H2. The second-order valence-electron chi connectivity index (χ2n) is 5.17. The number of carbonyl (C=O) groups is 1. The van der Waals surface area contributed by atoms with Crippen molar-refractivity contribution in [1.29, 1.82) is 0 Å². The summed E-state index contributed by atoms with van der Waals surface area (Å²) in [5.74, 6) is 0.691. The van der Waals surface area contributed by atoms with Gasteiger partial charge in [-0.1, -0.05) is 56.1 Å². The van der Waals surface area contributed by atoms with Crippen LogP contribution in [0.2, 0.25) is 0 Å². The molecule has 1 saturated carbocycles. The van der Waals surface area contributed by atoms with Crippen molar-refractivity contribution in [3.05, 3.63) is 46.4 Å². The number of alkyl halides is 1. The van der Waals surface area contributed by atoms with Crippen molar-refractivity contribution in [2.45, 2.75) is 24.1 Å². The van der Waals surface area contributed by atoms with Gasteiger partial charge >= 0.3 is 0 Å². The monoisotopic (exact) mass is 380 g/mol. The number of hydrogen-bond donors (Lipinski definition) is 0. The van der Waals surface area contributed by atoms with Crippen LogP contribution in [0.5, 0.6) is 0 Å². The zero-order chi connectivity index (χ0) is 13.4. The van der Waals surface area contributed by atoms with Crippen LogP contribution in [0.15, 0.2) is 40.9 Å². The summed E-state index contributed by atoms with van der Waals surface area (Å²) in [6, 6.07) is 12.7. The van der Waals surface area contributed by atoms with Crippen LogP contribution in [-0.4, -0.2) is 10.6 Å². The van der Waals surface area contributed by atoms with Gasteiger partial charge in [-0.05, 0) is 47.7 Å². The number of Topliss-reactive ketones (excluding diaryl/α,β-unsaturated/α-hetero) is 1. The second-order valence-corrected chi connectivity index (χ2v) is 7.20. The highest BCUT2D eigenvalue weighted by molar-refractivity contribution is 9.10. The average molecular weight is 382 g/mol. The maximum absolute atomic E-state index is 12.0. The molecule has 98 valence electrons. The second kappa shape index (κ2) is 5.37. The van der Waals surface area contributed by atoms with Gasteiger partial charge in [-0.15, -0.1) is 0 Å². The maximum Gasteiger partial charge on any atom is 0.149 e. The number of fused-ring (bicyclic) bond motifs is 1. The van der Waals surface area contributed by atoms with Gasteiger partial charge in [-0.2, -0.15) is 0 Å². The quantitative estimate of drug-likeness (QED) is 0.689. The van der Waals surface area contributed by atoms with Gasteiger partial charge in [0, 0.05) is 10.4 Å². The molecule has 0 saturated heterocycles. The highest BCUT2D eigenvalue weighted by Gasteiger charge is 2.33. The summed E-state index contributed by atoms with van der Waals surface area (Å²) in [5, 5.41) is 2.44. The number of hydrogen-bond acceptors (Lipinski definition) is 1. The molecule has 1 nitrogen and oxygen atoms in total. The first-order valence-corrected chi connectivity index (χ1v) is 8.20. The van der Waals surface area contributed by atoms with Crippen LogP contribution < -0.4 is 0 Å². The van der Waals surface area contributed by atoms with Crippen LogP contribution in [0, 0.1) is 5.92 Å². The molecule has 3 rings (SSSR count). The third kappa shape index (κ3) is 3.09. The number of ketones is 1. The molecule has 0 N–H and O–H groups in total. The molecule has 19 heavy (non-hydrogen) atoms. The Hall–Kier alpha value is -0.670. The molecule has 0 bridgehead atoms. The molecule has 1 unspecified atom stereocenters. The predicted molar refractivity (Wildman–Crippen MR) is 85.8 cm³/mol. The molecule has 0 spiro atoms. The molecule has 0 radical (unpaired) electrons. The largest absolute Gasteiger partial charge is 0.298 e. The van der Waals surface area contributed by atoms with Crippen LogP contribution in [0.1, 0.15) is 18.4 Å². The molecule has 1 aliphatic carbocycles. The topological polar surface area (TPSA) is 17.1 Å². The highest BCUT2D eigenvalue weighted by atomic mass is 79.9. The maximum atomic E-state index is 12.0. The van der Waals surface area contributed by atoms with E-state index in [-0.39, 0.29) is 4.83 Å². The smallest absolute Gasteiger partial charge is 0.149 e. The van der Waals surface area contributed by atoms with E-state index in [0.29, 0.717) is 11.7 Å². The Morgan fingerprint density at radius 3 is 2.58 bits per heavy atom. The summed E-state index contributed by atoms with van der Waals surface area (Å²) in [5.41, 5.74) is 1.21. The van der Waals surface area contributed by atoms with Crippen molar-refractivity contribution in [2.24, 2.45) is 5.92 Å². The van der Waals surface area contributed by atoms with Crippen LogP contribution in [0.3, 0.4) is 0 Å². The summed E-state index contributed by atoms with van der Waals surface area (Å²) >= 11 is 7.02. The van der Waals surface area contributed by atoms with Gasteiger partial charge in [0.2, 0.25) is 0 Å². The Morgan fingerprint density at radius 1 is 1.16 bits per heavy atom. The Morgan fingerprint density at radius 2 is 1.84 bits per heavy atom.